The first-order valence-electron chi connectivity index (χ1n) is 9.51. The van der Waals surface area contributed by atoms with E-state index in [4.69, 9.17) is 27.9 Å². The van der Waals surface area contributed by atoms with Gasteiger partial charge in [-0.3, -0.25) is 0 Å². The molecule has 0 radical (unpaired) electrons. The Morgan fingerprint density at radius 3 is 2.43 bits per heavy atom. The van der Waals surface area contributed by atoms with Crippen molar-refractivity contribution < 1.29 is 14.6 Å². The van der Waals surface area contributed by atoms with Gasteiger partial charge in [-0.2, -0.15) is 0 Å². The van der Waals surface area contributed by atoms with Crippen LogP contribution in [0, 0.1) is 0 Å². The fraction of sp³-hybridized carbons (Fsp3) is 0.227. The third-order valence-corrected chi connectivity index (χ3v) is 5.54. The van der Waals surface area contributed by atoms with Crippen LogP contribution in [0.3, 0.4) is 0 Å². The zero-order chi connectivity index (χ0) is 21.1. The molecule has 2 aromatic carbocycles. The van der Waals surface area contributed by atoms with Gasteiger partial charge in [-0.15, -0.1) is 0 Å². The molecule has 1 aliphatic rings. The van der Waals surface area contributed by atoms with Crippen molar-refractivity contribution in [3.05, 3.63) is 81.6 Å². The Morgan fingerprint density at radius 1 is 1.10 bits per heavy atom. The van der Waals surface area contributed by atoms with Gasteiger partial charge in [0.1, 0.15) is 17.9 Å². The van der Waals surface area contributed by atoms with Crippen molar-refractivity contribution in [3.8, 4) is 5.75 Å². The maximum Gasteiger partial charge on any atom is 0.339 e. The van der Waals surface area contributed by atoms with Crippen LogP contribution >= 0.6 is 23.2 Å². The topological polar surface area (TPSA) is 75.5 Å². The lowest BCUT2D eigenvalue weighted by Gasteiger charge is -2.25. The summed E-state index contributed by atoms with van der Waals surface area (Å²) in [7, 11) is 0. The molecule has 1 N–H and O–H groups in total. The zero-order valence-electron chi connectivity index (χ0n) is 16.0. The first-order chi connectivity index (χ1) is 14.5. The fourth-order valence-electron chi connectivity index (χ4n) is 3.55. The lowest BCUT2D eigenvalue weighted by molar-refractivity contribution is 0.0692. The van der Waals surface area contributed by atoms with Gasteiger partial charge in [0.25, 0.3) is 0 Å². The number of aromatic carboxylic acids is 1. The normalized spacial score (nSPS) is 15.9. The van der Waals surface area contributed by atoms with E-state index >= 15 is 0 Å². The van der Waals surface area contributed by atoms with Crippen LogP contribution in [0.1, 0.15) is 40.5 Å². The highest BCUT2D eigenvalue weighted by Gasteiger charge is 2.29. The minimum absolute atomic E-state index is 0.0121. The Morgan fingerprint density at radius 2 is 1.77 bits per heavy atom. The number of rotatable bonds is 6. The molecule has 1 fully saturated rings. The SMILES string of the molecule is O=C(O)c1cnc(N2CCC[C@@H]2c2ccc(Cl)cc2)nc1COc1ccc(Cl)cc1. The van der Waals surface area contributed by atoms with E-state index in [-0.39, 0.29) is 18.2 Å². The zero-order valence-corrected chi connectivity index (χ0v) is 17.5. The number of carbonyl (C=O) groups is 1. The Kier molecular flexibility index (Phi) is 6.06. The van der Waals surface area contributed by atoms with Gasteiger partial charge >= 0.3 is 5.97 Å². The summed E-state index contributed by atoms with van der Waals surface area (Å²) >= 11 is 11.9. The number of hydrogen-bond acceptors (Lipinski definition) is 5. The molecular formula is C22H19Cl2N3O3. The van der Waals surface area contributed by atoms with E-state index in [0.29, 0.717) is 27.4 Å². The van der Waals surface area contributed by atoms with E-state index in [1.54, 1.807) is 24.3 Å². The Balaban J connectivity index is 1.60. The summed E-state index contributed by atoms with van der Waals surface area (Å²) in [6.45, 7) is 0.801. The molecule has 30 heavy (non-hydrogen) atoms. The van der Waals surface area contributed by atoms with Gasteiger partial charge in [-0.05, 0) is 54.8 Å². The van der Waals surface area contributed by atoms with Crippen LogP contribution in [-0.4, -0.2) is 27.6 Å². The van der Waals surface area contributed by atoms with Gasteiger partial charge < -0.3 is 14.7 Å². The van der Waals surface area contributed by atoms with Crippen LogP contribution in [0.4, 0.5) is 5.95 Å². The van der Waals surface area contributed by atoms with E-state index < -0.39 is 5.97 Å². The van der Waals surface area contributed by atoms with Gasteiger partial charge in [0.2, 0.25) is 5.95 Å². The molecule has 1 aliphatic heterocycles. The summed E-state index contributed by atoms with van der Waals surface area (Å²) in [6, 6.07) is 14.7. The minimum Gasteiger partial charge on any atom is -0.487 e. The van der Waals surface area contributed by atoms with E-state index in [1.807, 2.05) is 24.3 Å². The van der Waals surface area contributed by atoms with E-state index in [0.717, 1.165) is 24.9 Å². The number of halogens is 2. The van der Waals surface area contributed by atoms with Crippen molar-refractivity contribution in [2.24, 2.45) is 0 Å². The van der Waals surface area contributed by atoms with Crippen LogP contribution in [0.15, 0.2) is 54.7 Å². The third-order valence-electron chi connectivity index (χ3n) is 5.04. The van der Waals surface area contributed by atoms with Crippen LogP contribution in [-0.2, 0) is 6.61 Å². The Hall–Kier alpha value is -2.83. The largest absolute Gasteiger partial charge is 0.487 e. The number of benzene rings is 2. The van der Waals surface area contributed by atoms with Crippen molar-refractivity contribution in [3.63, 3.8) is 0 Å². The molecule has 0 unspecified atom stereocenters. The highest BCUT2D eigenvalue weighted by atomic mass is 35.5. The standard InChI is InChI=1S/C22H19Cl2N3O3/c23-15-5-3-14(4-6-15)20-2-1-11-27(20)22-25-12-18(21(28)29)19(26-22)13-30-17-9-7-16(24)8-10-17/h3-10,12,20H,1-2,11,13H2,(H,28,29)/t20-/m1/s1. The van der Waals surface area contributed by atoms with Crippen molar-refractivity contribution in [2.45, 2.75) is 25.5 Å². The van der Waals surface area contributed by atoms with Crippen molar-refractivity contribution in [1.29, 1.82) is 0 Å². The first-order valence-corrected chi connectivity index (χ1v) is 10.3. The summed E-state index contributed by atoms with van der Waals surface area (Å²) in [6.07, 6.45) is 3.30. The lowest BCUT2D eigenvalue weighted by atomic mass is 10.1. The molecule has 2 heterocycles. The average molecular weight is 444 g/mol. The van der Waals surface area contributed by atoms with Crippen molar-refractivity contribution in [2.75, 3.05) is 11.4 Å². The first kappa shape index (κ1) is 20.4. The van der Waals surface area contributed by atoms with Crippen molar-refractivity contribution in [1.82, 2.24) is 9.97 Å². The molecule has 6 nitrogen and oxygen atoms in total. The van der Waals surface area contributed by atoms with E-state index in [1.165, 1.54) is 6.20 Å². The van der Waals surface area contributed by atoms with Crippen molar-refractivity contribution >= 4 is 35.1 Å². The number of hydrogen-bond donors (Lipinski definition) is 1. The van der Waals surface area contributed by atoms with Gasteiger partial charge in [-0.25, -0.2) is 14.8 Å². The minimum atomic E-state index is -1.09. The van der Waals surface area contributed by atoms with E-state index in [2.05, 4.69) is 14.9 Å². The molecule has 3 aromatic rings. The smallest absolute Gasteiger partial charge is 0.339 e. The highest BCUT2D eigenvalue weighted by Crippen LogP contribution is 2.35. The summed E-state index contributed by atoms with van der Waals surface area (Å²) in [5.74, 6) is -0.0183. The summed E-state index contributed by atoms with van der Waals surface area (Å²) in [5.41, 5.74) is 1.47. The molecule has 1 saturated heterocycles. The molecule has 0 spiro atoms. The number of ether oxygens (including phenoxy) is 1. The van der Waals surface area contributed by atoms with Gasteiger partial charge in [0.15, 0.2) is 0 Å². The summed E-state index contributed by atoms with van der Waals surface area (Å²) in [4.78, 5) is 22.6. The average Bonchev–Trinajstić information content (AvgIpc) is 3.23. The molecule has 0 saturated carbocycles. The number of aromatic nitrogens is 2. The fourth-order valence-corrected chi connectivity index (χ4v) is 3.81. The van der Waals surface area contributed by atoms with Gasteiger partial charge in [0, 0.05) is 22.8 Å². The second kappa shape index (κ2) is 8.90. The molecule has 154 valence electrons. The summed E-state index contributed by atoms with van der Waals surface area (Å²) < 4.78 is 5.73. The molecular weight excluding hydrogens is 425 g/mol. The third kappa shape index (κ3) is 4.50. The molecule has 0 bridgehead atoms. The second-order valence-electron chi connectivity index (χ2n) is 6.98. The molecule has 8 heteroatoms. The molecule has 1 aromatic heterocycles. The maximum atomic E-state index is 11.6. The van der Waals surface area contributed by atoms with Crippen LogP contribution in [0.25, 0.3) is 0 Å². The van der Waals surface area contributed by atoms with Crippen LogP contribution < -0.4 is 9.64 Å². The van der Waals surface area contributed by atoms with Crippen LogP contribution in [0.2, 0.25) is 10.0 Å². The Labute approximate surface area is 184 Å². The van der Waals surface area contributed by atoms with E-state index in [9.17, 15) is 9.90 Å². The number of anilines is 1. The summed E-state index contributed by atoms with van der Waals surface area (Å²) in [5, 5.41) is 10.8. The number of nitrogens with zero attached hydrogens (tertiary/aromatic N) is 3. The monoisotopic (exact) mass is 443 g/mol. The molecule has 0 amide bonds. The number of carboxylic acids is 1. The number of carboxylic acid groups (broad SMARTS) is 1. The molecule has 0 aliphatic carbocycles. The maximum absolute atomic E-state index is 11.6. The predicted octanol–water partition coefficient (Wildman–Crippen LogP) is 5.40. The van der Waals surface area contributed by atoms with Crippen LogP contribution in [0.5, 0.6) is 5.75 Å². The molecule has 1 atom stereocenters. The highest BCUT2D eigenvalue weighted by molar-refractivity contribution is 6.30. The lowest BCUT2D eigenvalue weighted by Crippen LogP contribution is -2.26. The van der Waals surface area contributed by atoms with Gasteiger partial charge in [-0.1, -0.05) is 35.3 Å². The predicted molar refractivity (Wildman–Crippen MR) is 116 cm³/mol. The second-order valence-corrected chi connectivity index (χ2v) is 7.85. The molecule has 4 rings (SSSR count). The van der Waals surface area contributed by atoms with Gasteiger partial charge in [0.05, 0.1) is 11.7 Å². The quantitative estimate of drug-likeness (QED) is 0.549. The Bertz CT molecular complexity index is 1040.